The number of hydrogen-bond acceptors (Lipinski definition) is 6. The van der Waals surface area contributed by atoms with Crippen molar-refractivity contribution in [3.63, 3.8) is 0 Å². The van der Waals surface area contributed by atoms with Gasteiger partial charge in [0.05, 0.1) is 5.69 Å². The third kappa shape index (κ3) is 8.82. The monoisotopic (exact) mass is 569 g/mol. The van der Waals surface area contributed by atoms with E-state index < -0.39 is 0 Å². The third-order valence-electron chi connectivity index (χ3n) is 8.19. The number of rotatable bonds is 13. The van der Waals surface area contributed by atoms with Crippen LogP contribution < -0.4 is 9.80 Å². The number of piperidine rings is 1. The zero-order valence-corrected chi connectivity index (χ0v) is 25.1. The smallest absolute Gasteiger partial charge is 0.410 e. The van der Waals surface area contributed by atoms with Crippen LogP contribution >= 0.6 is 0 Å². The number of ether oxygens (including phenoxy) is 3. The highest BCUT2D eigenvalue weighted by Gasteiger charge is 2.31. The maximum Gasteiger partial charge on any atom is 0.410 e. The van der Waals surface area contributed by atoms with Crippen LogP contribution in [0.3, 0.4) is 0 Å². The number of amides is 1. The summed E-state index contributed by atoms with van der Waals surface area (Å²) >= 11 is 0. The first-order valence-electron chi connectivity index (χ1n) is 15.5. The summed E-state index contributed by atoms with van der Waals surface area (Å²) in [7, 11) is 0. The Morgan fingerprint density at radius 2 is 1.61 bits per heavy atom. The van der Waals surface area contributed by atoms with E-state index in [0.717, 1.165) is 76.1 Å². The van der Waals surface area contributed by atoms with E-state index in [2.05, 4.69) is 23.6 Å². The molecule has 2 aliphatic heterocycles. The molecule has 0 aromatic heterocycles. The average molecular weight is 570 g/mol. The van der Waals surface area contributed by atoms with Gasteiger partial charge in [-0.2, -0.15) is 0 Å². The van der Waals surface area contributed by atoms with Gasteiger partial charge in [0.15, 0.2) is 6.29 Å². The second kappa shape index (κ2) is 16.0. The first kappa shape index (κ1) is 31.1. The molecule has 2 fully saturated rings. The molecule has 7 nitrogen and oxygen atoms in total. The molecule has 0 radical (unpaired) electrons. The third-order valence-corrected chi connectivity index (χ3v) is 8.19. The van der Waals surface area contributed by atoms with Crippen LogP contribution in [0, 0.1) is 11.7 Å². The molecule has 0 unspecified atom stereocenters. The topological polar surface area (TPSA) is 54.5 Å². The normalized spacial score (nSPS) is 18.3. The van der Waals surface area contributed by atoms with Crippen molar-refractivity contribution in [2.24, 2.45) is 5.92 Å². The lowest BCUT2D eigenvalue weighted by Crippen LogP contribution is -2.54. The predicted octanol–water partition coefficient (Wildman–Crippen LogP) is 6.85. The summed E-state index contributed by atoms with van der Waals surface area (Å²) in [5.41, 5.74) is 2.60. The number of hydrogen-bond donors (Lipinski definition) is 0. The number of piperazine rings is 1. The van der Waals surface area contributed by atoms with Gasteiger partial charge in [-0.15, -0.1) is 0 Å². The molecule has 1 amide bonds. The second-order valence-corrected chi connectivity index (χ2v) is 11.3. The fourth-order valence-electron chi connectivity index (χ4n) is 5.63. The maximum absolute atomic E-state index is 15.1. The van der Waals surface area contributed by atoms with E-state index in [0.29, 0.717) is 31.2 Å². The van der Waals surface area contributed by atoms with E-state index in [9.17, 15) is 4.79 Å². The number of unbranched alkanes of at least 4 members (excludes halogenated alkanes) is 2. The van der Waals surface area contributed by atoms with Crippen molar-refractivity contribution in [1.82, 2.24) is 4.90 Å². The van der Waals surface area contributed by atoms with Crippen LogP contribution in [0.2, 0.25) is 0 Å². The average Bonchev–Trinajstić information content (AvgIpc) is 3.00. The number of halogens is 1. The van der Waals surface area contributed by atoms with Gasteiger partial charge in [0.2, 0.25) is 0 Å². The summed E-state index contributed by atoms with van der Waals surface area (Å²) in [6.07, 6.45) is 5.62. The first-order chi connectivity index (χ1) is 20.0. The van der Waals surface area contributed by atoms with Gasteiger partial charge < -0.3 is 28.9 Å². The molecule has 2 heterocycles. The van der Waals surface area contributed by atoms with Crippen LogP contribution in [0.15, 0.2) is 48.5 Å². The van der Waals surface area contributed by atoms with Crippen LogP contribution in [-0.4, -0.2) is 69.3 Å². The number of nitrogens with zero attached hydrogens (tertiary/aromatic N) is 3. The molecule has 2 saturated heterocycles. The SMILES string of the molecule is CCCCOC(OCCCC)C1CCN(c2cc(N3CCN(C(=O)OCc4ccccc4)[C@@H](C)C3)ccc2F)CC1. The number of benzene rings is 2. The van der Waals surface area contributed by atoms with E-state index in [1.54, 1.807) is 11.0 Å². The van der Waals surface area contributed by atoms with E-state index >= 15 is 4.39 Å². The fraction of sp³-hybridized carbons (Fsp3) is 0.606. The highest BCUT2D eigenvalue weighted by atomic mass is 19.1. The van der Waals surface area contributed by atoms with Gasteiger partial charge >= 0.3 is 6.09 Å². The van der Waals surface area contributed by atoms with Crippen LogP contribution in [0.4, 0.5) is 20.6 Å². The molecule has 0 aliphatic carbocycles. The van der Waals surface area contributed by atoms with E-state index in [1.165, 1.54) is 0 Å². The number of carbonyl (C=O) groups is 1. The van der Waals surface area contributed by atoms with Crippen LogP contribution in [0.5, 0.6) is 0 Å². The molecule has 2 aromatic carbocycles. The molecule has 1 atom stereocenters. The summed E-state index contributed by atoms with van der Waals surface area (Å²) in [5.74, 6) is 0.125. The summed E-state index contributed by atoms with van der Waals surface area (Å²) in [6.45, 7) is 11.5. The van der Waals surface area contributed by atoms with Gasteiger partial charge in [-0.25, -0.2) is 9.18 Å². The molecular weight excluding hydrogens is 521 g/mol. The Bertz CT molecular complexity index is 1050. The van der Waals surface area contributed by atoms with Crippen molar-refractivity contribution in [1.29, 1.82) is 0 Å². The number of carbonyl (C=O) groups excluding carboxylic acids is 1. The Balaban J connectivity index is 1.31. The lowest BCUT2D eigenvalue weighted by molar-refractivity contribution is -0.177. The van der Waals surface area contributed by atoms with Crippen molar-refractivity contribution in [2.45, 2.75) is 78.2 Å². The van der Waals surface area contributed by atoms with Crippen molar-refractivity contribution < 1.29 is 23.4 Å². The van der Waals surface area contributed by atoms with Gasteiger partial charge in [0.25, 0.3) is 0 Å². The van der Waals surface area contributed by atoms with Gasteiger partial charge in [-0.1, -0.05) is 57.0 Å². The quantitative estimate of drug-likeness (QED) is 0.194. The molecule has 4 rings (SSSR count). The van der Waals surface area contributed by atoms with Gasteiger partial charge in [0.1, 0.15) is 12.4 Å². The van der Waals surface area contributed by atoms with E-state index in [-0.39, 0.29) is 30.8 Å². The van der Waals surface area contributed by atoms with Crippen LogP contribution in [0.25, 0.3) is 0 Å². The summed E-state index contributed by atoms with van der Waals surface area (Å²) in [6, 6.07) is 15.1. The van der Waals surface area contributed by atoms with Crippen molar-refractivity contribution >= 4 is 17.5 Å². The minimum Gasteiger partial charge on any atom is -0.445 e. The number of anilines is 2. The van der Waals surface area contributed by atoms with E-state index in [1.807, 2.05) is 49.4 Å². The summed E-state index contributed by atoms with van der Waals surface area (Å²) < 4.78 is 32.9. The summed E-state index contributed by atoms with van der Waals surface area (Å²) in [5, 5.41) is 0. The molecule has 0 bridgehead atoms. The van der Waals surface area contributed by atoms with E-state index in [4.69, 9.17) is 14.2 Å². The van der Waals surface area contributed by atoms with Crippen molar-refractivity contribution in [3.8, 4) is 0 Å². The molecule has 2 aliphatic rings. The Labute approximate surface area is 245 Å². The molecule has 2 aromatic rings. The van der Waals surface area contributed by atoms with Crippen LogP contribution in [0.1, 0.15) is 64.9 Å². The minimum atomic E-state index is -0.292. The maximum atomic E-state index is 15.1. The lowest BCUT2D eigenvalue weighted by Gasteiger charge is -2.41. The molecule has 0 N–H and O–H groups in total. The van der Waals surface area contributed by atoms with Gasteiger partial charge in [0, 0.05) is 63.6 Å². The molecular formula is C33H48FN3O4. The highest BCUT2D eigenvalue weighted by molar-refractivity contribution is 5.69. The molecule has 0 saturated carbocycles. The first-order valence-corrected chi connectivity index (χ1v) is 15.5. The Morgan fingerprint density at radius 1 is 0.927 bits per heavy atom. The molecule has 0 spiro atoms. The molecule has 41 heavy (non-hydrogen) atoms. The lowest BCUT2D eigenvalue weighted by atomic mass is 9.95. The van der Waals surface area contributed by atoms with Crippen LogP contribution in [-0.2, 0) is 20.8 Å². The molecule has 226 valence electrons. The fourth-order valence-corrected chi connectivity index (χ4v) is 5.63. The summed E-state index contributed by atoms with van der Waals surface area (Å²) in [4.78, 5) is 18.9. The zero-order chi connectivity index (χ0) is 29.0. The minimum absolute atomic E-state index is 0.0198. The Hall–Kier alpha value is -2.84. The molecule has 8 heteroatoms. The largest absolute Gasteiger partial charge is 0.445 e. The highest BCUT2D eigenvalue weighted by Crippen LogP contribution is 2.32. The van der Waals surface area contributed by atoms with Gasteiger partial charge in [-0.3, -0.25) is 0 Å². The van der Waals surface area contributed by atoms with Crippen molar-refractivity contribution in [3.05, 3.63) is 59.9 Å². The standard InChI is InChI=1S/C33H48FN3O4/c1-4-6-21-39-32(40-22-7-5-2)28-15-17-35(18-16-28)31-23-29(13-14-30(31)34)36-19-20-37(26(3)24-36)33(38)41-25-27-11-9-8-10-12-27/h8-14,23,26,28,32H,4-7,15-22,24-25H2,1-3H3/t26-/m0/s1. The second-order valence-electron chi connectivity index (χ2n) is 11.3. The van der Waals surface area contributed by atoms with Crippen molar-refractivity contribution in [2.75, 3.05) is 55.7 Å². The Morgan fingerprint density at radius 3 is 2.24 bits per heavy atom. The Kier molecular flexibility index (Phi) is 12.1. The predicted molar refractivity (Wildman–Crippen MR) is 162 cm³/mol. The zero-order valence-electron chi connectivity index (χ0n) is 25.1. The van der Waals surface area contributed by atoms with Gasteiger partial charge in [-0.05, 0) is 56.4 Å².